The highest BCUT2D eigenvalue weighted by Gasteiger charge is 2.26. The Kier molecular flexibility index (Phi) is 8.22. The van der Waals surface area contributed by atoms with Gasteiger partial charge in [0.25, 0.3) is 0 Å². The van der Waals surface area contributed by atoms with E-state index in [0.717, 1.165) is 25.9 Å². The van der Waals surface area contributed by atoms with Crippen molar-refractivity contribution in [3.63, 3.8) is 0 Å². The molecule has 0 radical (unpaired) electrons. The molecule has 0 aromatic carbocycles. The van der Waals surface area contributed by atoms with Crippen LogP contribution < -0.4 is 5.32 Å². The number of hydrogen-bond acceptors (Lipinski definition) is 4. The van der Waals surface area contributed by atoms with Crippen LogP contribution in [-0.4, -0.2) is 60.9 Å². The van der Waals surface area contributed by atoms with Gasteiger partial charge in [0, 0.05) is 25.1 Å². The van der Waals surface area contributed by atoms with Crippen molar-refractivity contribution in [2.24, 2.45) is 11.8 Å². The van der Waals surface area contributed by atoms with Crippen molar-refractivity contribution in [2.45, 2.75) is 52.7 Å². The van der Waals surface area contributed by atoms with Crippen LogP contribution in [0.15, 0.2) is 0 Å². The number of amides is 1. The van der Waals surface area contributed by atoms with E-state index in [1.807, 2.05) is 6.92 Å². The third-order valence-corrected chi connectivity index (χ3v) is 4.31. The number of aliphatic hydroxyl groups excluding tert-OH is 1. The van der Waals surface area contributed by atoms with E-state index in [9.17, 15) is 9.90 Å². The van der Waals surface area contributed by atoms with Gasteiger partial charge in [0.05, 0.1) is 12.7 Å². The average Bonchev–Trinajstić information content (AvgIpc) is 2.45. The minimum Gasteiger partial charge on any atom is -0.389 e. The molecule has 1 rings (SSSR count). The predicted octanol–water partition coefficient (Wildman–Crippen LogP) is 1.26. The van der Waals surface area contributed by atoms with Gasteiger partial charge in [0.2, 0.25) is 5.91 Å². The Labute approximate surface area is 129 Å². The highest BCUT2D eigenvalue weighted by Crippen LogP contribution is 2.18. The Morgan fingerprint density at radius 2 is 1.95 bits per heavy atom. The van der Waals surface area contributed by atoms with Crippen LogP contribution in [-0.2, 0) is 9.53 Å². The van der Waals surface area contributed by atoms with E-state index in [-0.39, 0.29) is 17.9 Å². The van der Waals surface area contributed by atoms with Crippen LogP contribution in [0.1, 0.15) is 40.5 Å². The number of aliphatic hydroxyl groups is 1. The minimum atomic E-state index is -0.434. The number of ether oxygens (including phenoxy) is 1. The Morgan fingerprint density at radius 3 is 2.48 bits per heavy atom. The smallest absolute Gasteiger partial charge is 0.223 e. The second kappa shape index (κ2) is 9.38. The van der Waals surface area contributed by atoms with Gasteiger partial charge in [0.15, 0.2) is 0 Å². The van der Waals surface area contributed by atoms with Gasteiger partial charge < -0.3 is 20.1 Å². The summed E-state index contributed by atoms with van der Waals surface area (Å²) in [7, 11) is 0. The normalized spacial score (nSPS) is 20.5. The summed E-state index contributed by atoms with van der Waals surface area (Å²) < 4.78 is 5.22. The molecule has 1 aliphatic rings. The van der Waals surface area contributed by atoms with Gasteiger partial charge in [-0.15, -0.1) is 0 Å². The van der Waals surface area contributed by atoms with Crippen LogP contribution >= 0.6 is 0 Å². The van der Waals surface area contributed by atoms with Gasteiger partial charge in [-0.1, -0.05) is 13.8 Å². The van der Waals surface area contributed by atoms with Gasteiger partial charge in [-0.2, -0.15) is 0 Å². The van der Waals surface area contributed by atoms with Crippen LogP contribution in [0.4, 0.5) is 0 Å². The summed E-state index contributed by atoms with van der Waals surface area (Å²) in [4.78, 5) is 14.4. The first-order valence-corrected chi connectivity index (χ1v) is 8.22. The molecule has 0 saturated carbocycles. The number of likely N-dealkylation sites (tertiary alicyclic amines) is 1. The Balaban J connectivity index is 2.26. The molecule has 0 aromatic heterocycles. The van der Waals surface area contributed by atoms with Crippen molar-refractivity contribution in [3.8, 4) is 0 Å². The number of hydrogen-bond donors (Lipinski definition) is 2. The fraction of sp³-hybridized carbons (Fsp3) is 0.938. The zero-order valence-corrected chi connectivity index (χ0v) is 14.0. The molecule has 1 aliphatic heterocycles. The van der Waals surface area contributed by atoms with Crippen LogP contribution in [0.5, 0.6) is 0 Å². The lowest BCUT2D eigenvalue weighted by atomic mass is 9.94. The lowest BCUT2D eigenvalue weighted by molar-refractivity contribution is -0.127. The molecule has 1 heterocycles. The Bertz CT molecular complexity index is 302. The quantitative estimate of drug-likeness (QED) is 0.708. The molecule has 1 saturated heterocycles. The maximum atomic E-state index is 12.2. The van der Waals surface area contributed by atoms with E-state index < -0.39 is 6.10 Å². The van der Waals surface area contributed by atoms with Crippen LogP contribution in [0.2, 0.25) is 0 Å². The zero-order valence-electron chi connectivity index (χ0n) is 14.0. The van der Waals surface area contributed by atoms with Crippen molar-refractivity contribution in [1.82, 2.24) is 10.2 Å². The number of piperidine rings is 1. The summed E-state index contributed by atoms with van der Waals surface area (Å²) in [5.74, 6) is 0.764. The Hall–Kier alpha value is -0.650. The first kappa shape index (κ1) is 18.4. The first-order valence-electron chi connectivity index (χ1n) is 8.22. The van der Waals surface area contributed by atoms with Gasteiger partial charge in [-0.05, 0) is 45.7 Å². The molecule has 0 aliphatic carbocycles. The summed E-state index contributed by atoms with van der Waals surface area (Å²) in [6, 6.07) is 0.226. The average molecular weight is 300 g/mol. The van der Waals surface area contributed by atoms with E-state index in [2.05, 4.69) is 31.0 Å². The van der Waals surface area contributed by atoms with Gasteiger partial charge >= 0.3 is 0 Å². The van der Waals surface area contributed by atoms with Crippen molar-refractivity contribution >= 4 is 5.91 Å². The molecular formula is C16H32N2O3. The Morgan fingerprint density at radius 1 is 1.33 bits per heavy atom. The number of carbonyl (C=O) groups excluding carboxylic acids is 1. The van der Waals surface area contributed by atoms with Crippen LogP contribution in [0.3, 0.4) is 0 Å². The van der Waals surface area contributed by atoms with Crippen molar-refractivity contribution in [3.05, 3.63) is 0 Å². The molecule has 0 unspecified atom stereocenters. The number of rotatable bonds is 8. The molecule has 1 amide bonds. The third-order valence-electron chi connectivity index (χ3n) is 4.31. The molecule has 21 heavy (non-hydrogen) atoms. The molecule has 2 atom stereocenters. The maximum Gasteiger partial charge on any atom is 0.223 e. The van der Waals surface area contributed by atoms with Crippen molar-refractivity contribution in [1.29, 1.82) is 0 Å². The molecule has 5 heteroatoms. The van der Waals surface area contributed by atoms with Gasteiger partial charge in [-0.3, -0.25) is 4.79 Å². The highest BCUT2D eigenvalue weighted by molar-refractivity contribution is 5.79. The second-order valence-corrected chi connectivity index (χ2v) is 6.43. The third kappa shape index (κ3) is 6.76. The summed E-state index contributed by atoms with van der Waals surface area (Å²) in [5, 5.41) is 12.9. The number of nitrogens with one attached hydrogen (secondary N) is 1. The zero-order chi connectivity index (χ0) is 15.8. The van der Waals surface area contributed by atoms with E-state index in [0.29, 0.717) is 25.7 Å². The molecule has 2 N–H and O–H groups in total. The summed E-state index contributed by atoms with van der Waals surface area (Å²) in [6.45, 7) is 11.6. The summed E-state index contributed by atoms with van der Waals surface area (Å²) in [6.07, 6.45) is 1.31. The van der Waals surface area contributed by atoms with E-state index in [4.69, 9.17) is 4.74 Å². The first-order chi connectivity index (χ1) is 9.93. The molecule has 0 bridgehead atoms. The lowest BCUT2D eigenvalue weighted by Crippen LogP contribution is -2.46. The van der Waals surface area contributed by atoms with E-state index >= 15 is 0 Å². The van der Waals surface area contributed by atoms with Crippen LogP contribution in [0, 0.1) is 11.8 Å². The number of β-amino-alcohol motifs (C(OH)–C–C–N with tert-alkyl or cyclic N) is 1. The van der Waals surface area contributed by atoms with E-state index in [1.165, 1.54) is 0 Å². The topological polar surface area (TPSA) is 61.8 Å². The molecule has 1 fully saturated rings. The predicted molar refractivity (Wildman–Crippen MR) is 84.1 cm³/mol. The lowest BCUT2D eigenvalue weighted by Gasteiger charge is -2.33. The van der Waals surface area contributed by atoms with E-state index in [1.54, 1.807) is 0 Å². The van der Waals surface area contributed by atoms with Gasteiger partial charge in [-0.25, -0.2) is 0 Å². The fourth-order valence-corrected chi connectivity index (χ4v) is 2.49. The standard InChI is InChI=1S/C16H32N2O3/c1-5-21-11-15(19)10-18-8-6-14(7-9-18)16(20)17-13(4)12(2)3/h12-15,19H,5-11H2,1-4H3,(H,17,20)/t13-,15+/m0/s1. The molecular weight excluding hydrogens is 268 g/mol. The molecule has 5 nitrogen and oxygen atoms in total. The number of nitrogens with zero attached hydrogens (tertiary/aromatic N) is 1. The molecule has 0 spiro atoms. The second-order valence-electron chi connectivity index (χ2n) is 6.43. The summed E-state index contributed by atoms with van der Waals surface area (Å²) >= 11 is 0. The maximum absolute atomic E-state index is 12.2. The largest absolute Gasteiger partial charge is 0.389 e. The van der Waals surface area contributed by atoms with Crippen molar-refractivity contribution < 1.29 is 14.6 Å². The highest BCUT2D eigenvalue weighted by atomic mass is 16.5. The number of carbonyl (C=O) groups is 1. The van der Waals surface area contributed by atoms with Crippen LogP contribution in [0.25, 0.3) is 0 Å². The van der Waals surface area contributed by atoms with Crippen molar-refractivity contribution in [2.75, 3.05) is 32.8 Å². The van der Waals surface area contributed by atoms with Gasteiger partial charge in [0.1, 0.15) is 0 Å². The SMILES string of the molecule is CCOC[C@H](O)CN1CCC(C(=O)N[C@@H](C)C(C)C)CC1. The fourth-order valence-electron chi connectivity index (χ4n) is 2.49. The molecule has 0 aromatic rings. The monoisotopic (exact) mass is 300 g/mol. The summed E-state index contributed by atoms with van der Waals surface area (Å²) in [5.41, 5.74) is 0. The molecule has 124 valence electrons. The minimum absolute atomic E-state index is 0.117.